The van der Waals surface area contributed by atoms with E-state index in [2.05, 4.69) is 35.5 Å². The first-order chi connectivity index (χ1) is 6.07. The molecule has 0 N–H and O–H groups in total. The van der Waals surface area contributed by atoms with Crippen LogP contribution in [0.1, 0.15) is 44.8 Å². The van der Waals surface area contributed by atoms with Gasteiger partial charge >= 0.3 is 0 Å². The van der Waals surface area contributed by atoms with Crippen molar-refractivity contribution in [3.05, 3.63) is 11.6 Å². The summed E-state index contributed by atoms with van der Waals surface area (Å²) in [6.07, 6.45) is 1.35. The third-order valence-electron chi connectivity index (χ3n) is 3.12. The zero-order valence-corrected chi connectivity index (χ0v) is 8.41. The van der Waals surface area contributed by atoms with Gasteiger partial charge in [0.1, 0.15) is 11.6 Å². The third kappa shape index (κ3) is 0.901. The Morgan fingerprint density at radius 1 is 1.31 bits per heavy atom. The Bertz CT molecular complexity index is 359. The molecule has 13 heavy (non-hydrogen) atoms. The number of hydrogen-bond acceptors (Lipinski definition) is 2. The van der Waals surface area contributed by atoms with Crippen molar-refractivity contribution >= 4 is 0 Å². The lowest BCUT2D eigenvalue weighted by molar-refractivity contribution is 0.493. The van der Waals surface area contributed by atoms with E-state index in [-0.39, 0.29) is 5.41 Å². The molecule has 0 saturated heterocycles. The van der Waals surface area contributed by atoms with Crippen LogP contribution in [0.5, 0.6) is 0 Å². The molecule has 2 unspecified atom stereocenters. The molecule has 2 atom stereocenters. The first-order valence-corrected chi connectivity index (χ1v) is 5.01. The molecule has 0 spiro atoms. The van der Waals surface area contributed by atoms with Gasteiger partial charge in [-0.15, -0.1) is 10.2 Å². The van der Waals surface area contributed by atoms with Crippen LogP contribution in [0.25, 0.3) is 0 Å². The lowest BCUT2D eigenvalue weighted by Gasteiger charge is -2.18. The predicted octanol–water partition coefficient (Wildman–Crippen LogP) is 1.69. The van der Waals surface area contributed by atoms with Gasteiger partial charge in [-0.3, -0.25) is 0 Å². The highest BCUT2D eigenvalue weighted by Crippen LogP contribution is 2.53. The number of hydrogen-bond donors (Lipinski definition) is 0. The summed E-state index contributed by atoms with van der Waals surface area (Å²) in [5, 5.41) is 8.60. The second-order valence-corrected chi connectivity index (χ2v) is 5.34. The Balaban J connectivity index is 2.10. The highest BCUT2D eigenvalue weighted by atomic mass is 15.3. The zero-order chi connectivity index (χ0) is 9.22. The van der Waals surface area contributed by atoms with Gasteiger partial charge in [0.25, 0.3) is 0 Å². The third-order valence-corrected chi connectivity index (χ3v) is 3.12. The highest BCUT2D eigenvalue weighted by Gasteiger charge is 2.49. The van der Waals surface area contributed by atoms with Crippen LogP contribution in [0.3, 0.4) is 0 Å². The minimum absolute atomic E-state index is 0.141. The summed E-state index contributed by atoms with van der Waals surface area (Å²) in [5.74, 6) is 4.06. The van der Waals surface area contributed by atoms with E-state index < -0.39 is 0 Å². The van der Waals surface area contributed by atoms with Crippen molar-refractivity contribution in [3.63, 3.8) is 0 Å². The van der Waals surface area contributed by atoms with Crippen LogP contribution in [0, 0.1) is 5.92 Å². The van der Waals surface area contributed by atoms with Gasteiger partial charge in [0.15, 0.2) is 0 Å². The van der Waals surface area contributed by atoms with Crippen LogP contribution >= 0.6 is 0 Å². The minimum atomic E-state index is 0.141. The Morgan fingerprint density at radius 3 is 2.77 bits per heavy atom. The molecular weight excluding hydrogens is 162 g/mol. The van der Waals surface area contributed by atoms with Crippen molar-refractivity contribution in [2.45, 2.75) is 45.1 Å². The second-order valence-electron chi connectivity index (χ2n) is 5.34. The van der Waals surface area contributed by atoms with Gasteiger partial charge in [-0.05, 0) is 12.3 Å². The average Bonchev–Trinajstić information content (AvgIpc) is 2.52. The zero-order valence-electron chi connectivity index (χ0n) is 8.41. The molecule has 1 aliphatic carbocycles. The molecule has 2 aliphatic rings. The Morgan fingerprint density at radius 2 is 2.08 bits per heavy atom. The van der Waals surface area contributed by atoms with Gasteiger partial charge in [-0.2, -0.15) is 0 Å². The summed E-state index contributed by atoms with van der Waals surface area (Å²) in [6.45, 7) is 7.77. The quantitative estimate of drug-likeness (QED) is 0.603. The van der Waals surface area contributed by atoms with Crippen LogP contribution in [0.4, 0.5) is 0 Å². The topological polar surface area (TPSA) is 30.7 Å². The second kappa shape index (κ2) is 1.97. The predicted molar refractivity (Wildman–Crippen MR) is 49.6 cm³/mol. The average molecular weight is 177 g/mol. The van der Waals surface area contributed by atoms with E-state index in [0.717, 1.165) is 17.7 Å². The fourth-order valence-corrected chi connectivity index (χ4v) is 2.32. The maximum Gasteiger partial charge on any atom is 0.138 e. The van der Waals surface area contributed by atoms with Crippen LogP contribution in [0.2, 0.25) is 0 Å². The van der Waals surface area contributed by atoms with E-state index in [1.54, 1.807) is 0 Å². The fraction of sp³-hybridized carbons (Fsp3) is 0.800. The summed E-state index contributed by atoms with van der Waals surface area (Å²) in [4.78, 5) is 0. The van der Waals surface area contributed by atoms with E-state index >= 15 is 0 Å². The lowest BCUT2D eigenvalue weighted by Crippen LogP contribution is -2.19. The molecule has 3 rings (SSSR count). The molecule has 1 aliphatic heterocycles. The van der Waals surface area contributed by atoms with Crippen LogP contribution in [-0.2, 0) is 12.0 Å². The van der Waals surface area contributed by atoms with Gasteiger partial charge in [0, 0.05) is 17.9 Å². The molecule has 2 heterocycles. The van der Waals surface area contributed by atoms with Crippen molar-refractivity contribution in [2.24, 2.45) is 5.92 Å². The van der Waals surface area contributed by atoms with E-state index in [0.29, 0.717) is 0 Å². The van der Waals surface area contributed by atoms with Crippen LogP contribution < -0.4 is 0 Å². The van der Waals surface area contributed by atoms with Crippen molar-refractivity contribution in [3.8, 4) is 0 Å². The molecule has 0 bridgehead atoms. The van der Waals surface area contributed by atoms with Gasteiger partial charge < -0.3 is 4.57 Å². The molecule has 3 heteroatoms. The van der Waals surface area contributed by atoms with Crippen LogP contribution in [0.15, 0.2) is 0 Å². The molecule has 1 saturated carbocycles. The van der Waals surface area contributed by atoms with Crippen molar-refractivity contribution < 1.29 is 0 Å². The summed E-state index contributed by atoms with van der Waals surface area (Å²) in [7, 11) is 0. The molecule has 70 valence electrons. The molecule has 3 nitrogen and oxygen atoms in total. The smallest absolute Gasteiger partial charge is 0.138 e. The normalized spacial score (nSPS) is 30.1. The lowest BCUT2D eigenvalue weighted by atomic mass is 9.96. The van der Waals surface area contributed by atoms with Crippen molar-refractivity contribution in [1.82, 2.24) is 14.8 Å². The molecule has 1 aromatic heterocycles. The molecule has 0 amide bonds. The summed E-state index contributed by atoms with van der Waals surface area (Å²) in [6, 6.07) is 0. The number of rotatable bonds is 0. The van der Waals surface area contributed by atoms with Gasteiger partial charge in [0.05, 0.1) is 0 Å². The number of aromatic nitrogens is 3. The Labute approximate surface area is 78.2 Å². The number of fused-ring (bicyclic) bond motifs is 3. The highest BCUT2D eigenvalue weighted by molar-refractivity contribution is 5.21. The number of nitrogens with zero attached hydrogens (tertiary/aromatic N) is 3. The van der Waals surface area contributed by atoms with Gasteiger partial charge in [-0.25, -0.2) is 0 Å². The summed E-state index contributed by atoms with van der Waals surface area (Å²) < 4.78 is 2.33. The Kier molecular flexibility index (Phi) is 1.14. The summed E-state index contributed by atoms with van der Waals surface area (Å²) in [5.41, 5.74) is 0.141. The van der Waals surface area contributed by atoms with E-state index in [9.17, 15) is 0 Å². The van der Waals surface area contributed by atoms with Crippen molar-refractivity contribution in [2.75, 3.05) is 0 Å². The first kappa shape index (κ1) is 7.54. The van der Waals surface area contributed by atoms with Crippen LogP contribution in [-0.4, -0.2) is 14.8 Å². The van der Waals surface area contributed by atoms with Gasteiger partial charge in [-0.1, -0.05) is 20.8 Å². The fourth-order valence-electron chi connectivity index (χ4n) is 2.32. The Hall–Kier alpha value is -0.860. The monoisotopic (exact) mass is 177 g/mol. The van der Waals surface area contributed by atoms with Gasteiger partial charge in [0.2, 0.25) is 0 Å². The van der Waals surface area contributed by atoms with E-state index in [1.807, 2.05) is 0 Å². The first-order valence-electron chi connectivity index (χ1n) is 5.01. The molecule has 1 aromatic rings. The molecule has 1 fully saturated rings. The molecule has 0 radical (unpaired) electrons. The maximum atomic E-state index is 4.30. The SMILES string of the molecule is CC(C)(C)c1nnc2n1CC1CC21. The van der Waals surface area contributed by atoms with Crippen molar-refractivity contribution in [1.29, 1.82) is 0 Å². The molecular formula is C10H15N3. The largest absolute Gasteiger partial charge is 0.314 e. The maximum absolute atomic E-state index is 4.30. The standard InChI is InChI=1S/C10H15N3/c1-10(2,3)9-12-11-8-7-4-6(7)5-13(8)9/h6-7H,4-5H2,1-3H3. The minimum Gasteiger partial charge on any atom is -0.314 e. The molecule has 0 aromatic carbocycles. The summed E-state index contributed by atoms with van der Waals surface area (Å²) >= 11 is 0. The van der Waals surface area contributed by atoms with E-state index in [1.165, 1.54) is 18.8 Å². The van der Waals surface area contributed by atoms with E-state index in [4.69, 9.17) is 0 Å².